The summed E-state index contributed by atoms with van der Waals surface area (Å²) in [7, 11) is 1.29. The van der Waals surface area contributed by atoms with E-state index in [0.29, 0.717) is 5.56 Å². The molecule has 0 aliphatic rings. The molecule has 0 fully saturated rings. The Labute approximate surface area is 89.8 Å². The Morgan fingerprint density at radius 3 is 2.64 bits per heavy atom. The second-order valence-electron chi connectivity index (χ2n) is 2.46. The van der Waals surface area contributed by atoms with Gasteiger partial charge in [-0.1, -0.05) is 11.6 Å². The third-order valence-electron chi connectivity index (χ3n) is 1.66. The molecule has 0 amide bonds. The van der Waals surface area contributed by atoms with Crippen LogP contribution in [-0.4, -0.2) is 12.1 Å². The number of halogens is 4. The van der Waals surface area contributed by atoms with Crippen molar-refractivity contribution in [2.24, 2.45) is 0 Å². The molecular formula is C8H7Cl2F2NO. The van der Waals surface area contributed by atoms with Gasteiger partial charge >= 0.3 is 0 Å². The highest BCUT2D eigenvalue weighted by atomic mass is 35.5. The number of pyridine rings is 1. The van der Waals surface area contributed by atoms with Gasteiger partial charge in [0.25, 0.3) is 6.43 Å². The second kappa shape index (κ2) is 4.75. The van der Waals surface area contributed by atoms with Gasteiger partial charge in [0.1, 0.15) is 10.9 Å². The predicted molar refractivity (Wildman–Crippen MR) is 50.3 cm³/mol. The molecule has 0 saturated carbocycles. The lowest BCUT2D eigenvalue weighted by molar-refractivity contribution is 0.146. The molecule has 1 aromatic rings. The summed E-state index contributed by atoms with van der Waals surface area (Å²) in [6.07, 6.45) is -1.41. The van der Waals surface area contributed by atoms with Crippen molar-refractivity contribution in [1.29, 1.82) is 0 Å². The molecule has 6 heteroatoms. The van der Waals surface area contributed by atoms with Crippen LogP contribution in [0.25, 0.3) is 0 Å². The van der Waals surface area contributed by atoms with E-state index in [-0.39, 0.29) is 16.8 Å². The summed E-state index contributed by atoms with van der Waals surface area (Å²) in [6, 6.07) is 0. The van der Waals surface area contributed by atoms with Gasteiger partial charge in [0.05, 0.1) is 18.6 Å². The van der Waals surface area contributed by atoms with Crippen molar-refractivity contribution in [3.63, 3.8) is 0 Å². The van der Waals surface area contributed by atoms with Gasteiger partial charge in [-0.25, -0.2) is 13.8 Å². The molecule has 14 heavy (non-hydrogen) atoms. The molecule has 0 N–H and O–H groups in total. The predicted octanol–water partition coefficient (Wildman–Crippen LogP) is 3.42. The van der Waals surface area contributed by atoms with Gasteiger partial charge in [-0.2, -0.15) is 0 Å². The minimum atomic E-state index is -2.73. The fourth-order valence-corrected chi connectivity index (χ4v) is 1.46. The van der Waals surface area contributed by atoms with Gasteiger partial charge < -0.3 is 4.74 Å². The van der Waals surface area contributed by atoms with Crippen molar-refractivity contribution in [1.82, 2.24) is 4.98 Å². The number of aromatic nitrogens is 1. The van der Waals surface area contributed by atoms with E-state index in [0.717, 1.165) is 0 Å². The monoisotopic (exact) mass is 241 g/mol. The van der Waals surface area contributed by atoms with Crippen LogP contribution in [0.4, 0.5) is 8.78 Å². The smallest absolute Gasteiger partial charge is 0.270 e. The van der Waals surface area contributed by atoms with Crippen LogP contribution in [0.3, 0.4) is 0 Å². The zero-order valence-corrected chi connectivity index (χ0v) is 8.74. The maximum atomic E-state index is 12.5. The van der Waals surface area contributed by atoms with Crippen LogP contribution < -0.4 is 4.74 Å². The van der Waals surface area contributed by atoms with Crippen LogP contribution in [0.15, 0.2) is 6.20 Å². The average Bonchev–Trinajstić information content (AvgIpc) is 2.16. The Kier molecular flexibility index (Phi) is 3.89. The Balaban J connectivity index is 3.35. The van der Waals surface area contributed by atoms with Crippen molar-refractivity contribution in [2.45, 2.75) is 12.3 Å². The molecule has 0 saturated heterocycles. The van der Waals surface area contributed by atoms with E-state index in [1.807, 2.05) is 0 Å². The number of ether oxygens (including phenoxy) is 1. The largest absolute Gasteiger partial charge is 0.496 e. The summed E-state index contributed by atoms with van der Waals surface area (Å²) in [5.74, 6) is 0.0579. The van der Waals surface area contributed by atoms with E-state index < -0.39 is 12.0 Å². The van der Waals surface area contributed by atoms with Crippen molar-refractivity contribution in [3.8, 4) is 5.75 Å². The highest BCUT2D eigenvalue weighted by molar-refractivity contribution is 6.30. The fourth-order valence-electron chi connectivity index (χ4n) is 1.05. The minimum Gasteiger partial charge on any atom is -0.496 e. The summed E-state index contributed by atoms with van der Waals surface area (Å²) in [6.45, 7) is 0. The van der Waals surface area contributed by atoms with E-state index in [1.165, 1.54) is 13.3 Å². The molecule has 0 aromatic carbocycles. The standard InChI is InChI=1S/C8H7Cl2F2NO/c1-14-6-4(2-9)3-13-7(10)5(6)8(11)12/h3,8H,2H2,1H3. The lowest BCUT2D eigenvalue weighted by atomic mass is 10.2. The van der Waals surface area contributed by atoms with Crippen LogP contribution in [-0.2, 0) is 5.88 Å². The maximum absolute atomic E-state index is 12.5. The topological polar surface area (TPSA) is 22.1 Å². The quantitative estimate of drug-likeness (QED) is 0.598. The molecule has 0 aliphatic heterocycles. The van der Waals surface area contributed by atoms with Crippen molar-refractivity contribution in [3.05, 3.63) is 22.5 Å². The van der Waals surface area contributed by atoms with Gasteiger partial charge in [0, 0.05) is 11.8 Å². The molecule has 78 valence electrons. The lowest BCUT2D eigenvalue weighted by Gasteiger charge is -2.11. The maximum Gasteiger partial charge on any atom is 0.270 e. The van der Waals surface area contributed by atoms with Crippen molar-refractivity contribution < 1.29 is 13.5 Å². The SMILES string of the molecule is COc1c(CCl)cnc(Cl)c1C(F)F. The third kappa shape index (κ3) is 2.07. The number of hydrogen-bond donors (Lipinski definition) is 0. The normalized spacial score (nSPS) is 10.7. The number of rotatable bonds is 3. The molecule has 0 aliphatic carbocycles. The van der Waals surface area contributed by atoms with Crippen LogP contribution >= 0.6 is 23.2 Å². The molecule has 0 bridgehead atoms. The molecular weight excluding hydrogens is 235 g/mol. The molecule has 0 spiro atoms. The average molecular weight is 242 g/mol. The molecule has 1 rings (SSSR count). The highest BCUT2D eigenvalue weighted by Gasteiger charge is 2.21. The van der Waals surface area contributed by atoms with E-state index in [2.05, 4.69) is 4.98 Å². The second-order valence-corrected chi connectivity index (χ2v) is 3.08. The number of hydrogen-bond acceptors (Lipinski definition) is 2. The Hall–Kier alpha value is -0.610. The molecule has 1 aromatic heterocycles. The van der Waals surface area contributed by atoms with E-state index in [1.54, 1.807) is 0 Å². The van der Waals surface area contributed by atoms with Gasteiger partial charge in [-0.3, -0.25) is 0 Å². The first-order chi connectivity index (χ1) is 6.61. The molecule has 2 nitrogen and oxygen atoms in total. The van der Waals surface area contributed by atoms with E-state index in [9.17, 15) is 8.78 Å². The molecule has 0 unspecified atom stereocenters. The first-order valence-corrected chi connectivity index (χ1v) is 4.58. The Morgan fingerprint density at radius 2 is 2.21 bits per heavy atom. The summed E-state index contributed by atoms with van der Waals surface area (Å²) in [4.78, 5) is 3.60. The first-order valence-electron chi connectivity index (χ1n) is 3.67. The zero-order valence-electron chi connectivity index (χ0n) is 7.23. The van der Waals surface area contributed by atoms with Gasteiger partial charge in [0.15, 0.2) is 0 Å². The van der Waals surface area contributed by atoms with Crippen LogP contribution in [0.1, 0.15) is 17.6 Å². The van der Waals surface area contributed by atoms with Gasteiger partial charge in [0.2, 0.25) is 0 Å². The zero-order chi connectivity index (χ0) is 10.7. The lowest BCUT2D eigenvalue weighted by Crippen LogP contribution is -1.99. The van der Waals surface area contributed by atoms with Crippen molar-refractivity contribution in [2.75, 3.05) is 7.11 Å². The summed E-state index contributed by atoms with van der Waals surface area (Å²) >= 11 is 11.0. The van der Waals surface area contributed by atoms with Gasteiger partial charge in [-0.15, -0.1) is 11.6 Å². The molecule has 0 atom stereocenters. The fraction of sp³-hybridized carbons (Fsp3) is 0.375. The highest BCUT2D eigenvalue weighted by Crippen LogP contribution is 2.36. The summed E-state index contributed by atoms with van der Waals surface area (Å²) < 4.78 is 29.9. The van der Waals surface area contributed by atoms with Gasteiger partial charge in [-0.05, 0) is 0 Å². The van der Waals surface area contributed by atoms with E-state index >= 15 is 0 Å². The number of nitrogens with zero attached hydrogens (tertiary/aromatic N) is 1. The first kappa shape index (κ1) is 11.5. The summed E-state index contributed by atoms with van der Waals surface area (Å²) in [5, 5.41) is -0.259. The number of alkyl halides is 3. The third-order valence-corrected chi connectivity index (χ3v) is 2.25. The van der Waals surface area contributed by atoms with Crippen LogP contribution in [0.2, 0.25) is 5.15 Å². The number of methoxy groups -OCH3 is 1. The Morgan fingerprint density at radius 1 is 1.57 bits per heavy atom. The van der Waals surface area contributed by atoms with Crippen LogP contribution in [0, 0.1) is 0 Å². The molecule has 1 heterocycles. The minimum absolute atomic E-state index is 0.00926. The van der Waals surface area contributed by atoms with E-state index in [4.69, 9.17) is 27.9 Å². The Bertz CT molecular complexity index is 333. The van der Waals surface area contributed by atoms with Crippen molar-refractivity contribution >= 4 is 23.2 Å². The van der Waals surface area contributed by atoms with Crippen LogP contribution in [0.5, 0.6) is 5.75 Å². The molecule has 0 radical (unpaired) electrons. The summed E-state index contributed by atoms with van der Waals surface area (Å²) in [5.41, 5.74) is -0.0128.